The first kappa shape index (κ1) is 30.6. The molecule has 13 heteroatoms. The van der Waals surface area contributed by atoms with E-state index in [9.17, 15) is 14.4 Å². The molecule has 0 unspecified atom stereocenters. The van der Waals surface area contributed by atoms with Crippen LogP contribution in [0.4, 0.5) is 0 Å². The minimum absolute atomic E-state index is 0. The van der Waals surface area contributed by atoms with E-state index in [-0.39, 0.29) is 17.1 Å². The first-order chi connectivity index (χ1) is 15.4. The van der Waals surface area contributed by atoms with Gasteiger partial charge < -0.3 is 15.6 Å². The SMILES string of the molecule is CCc1cc(C)n(O)c(=O)n1.CCc1cc(C)n(O)c(=O)n1.CCc1cc(C)n(O)c(=O)n1.[Fe]. The van der Waals surface area contributed by atoms with Crippen molar-refractivity contribution in [2.24, 2.45) is 0 Å². The summed E-state index contributed by atoms with van der Waals surface area (Å²) in [5.74, 6) is 0. The van der Waals surface area contributed by atoms with Crippen LogP contribution in [0.15, 0.2) is 32.6 Å². The van der Waals surface area contributed by atoms with Crippen LogP contribution in [0, 0.1) is 20.8 Å². The molecule has 3 heterocycles. The predicted octanol–water partition coefficient (Wildman–Crippen LogP) is 1.05. The summed E-state index contributed by atoms with van der Waals surface area (Å²) in [4.78, 5) is 43.3. The normalized spacial score (nSPS) is 9.71. The van der Waals surface area contributed by atoms with Crippen LogP contribution < -0.4 is 17.1 Å². The zero-order valence-electron chi connectivity index (χ0n) is 20.0. The van der Waals surface area contributed by atoms with Crippen LogP contribution in [-0.2, 0) is 36.3 Å². The van der Waals surface area contributed by atoms with Crippen LogP contribution in [0.2, 0.25) is 0 Å². The van der Waals surface area contributed by atoms with Crippen LogP contribution >= 0.6 is 0 Å². The number of hydrogen-bond donors (Lipinski definition) is 3. The molecule has 0 saturated carbocycles. The van der Waals surface area contributed by atoms with Crippen LogP contribution in [0.25, 0.3) is 0 Å². The fraction of sp³-hybridized carbons (Fsp3) is 0.429. The van der Waals surface area contributed by atoms with Crippen molar-refractivity contribution in [2.75, 3.05) is 0 Å². The third-order valence-corrected chi connectivity index (χ3v) is 4.48. The van der Waals surface area contributed by atoms with Gasteiger partial charge in [0.05, 0.1) is 17.1 Å². The smallest absolute Gasteiger partial charge is 0.380 e. The molecule has 188 valence electrons. The van der Waals surface area contributed by atoms with Gasteiger partial charge in [-0.15, -0.1) is 14.2 Å². The molecule has 12 nitrogen and oxygen atoms in total. The number of hydrogen-bond acceptors (Lipinski definition) is 9. The van der Waals surface area contributed by atoms with Gasteiger partial charge in [-0.05, 0) is 58.2 Å². The Bertz CT molecular complexity index is 1110. The molecule has 3 aromatic heterocycles. The molecule has 3 rings (SSSR count). The minimum Gasteiger partial charge on any atom is -0.424 e. The maximum atomic E-state index is 10.8. The molecule has 3 N–H and O–H groups in total. The van der Waals surface area contributed by atoms with Gasteiger partial charge in [0.1, 0.15) is 0 Å². The fourth-order valence-corrected chi connectivity index (χ4v) is 2.51. The molecule has 0 amide bonds. The van der Waals surface area contributed by atoms with Crippen LogP contribution in [0.5, 0.6) is 0 Å². The summed E-state index contributed by atoms with van der Waals surface area (Å²) < 4.78 is 1.62. The number of aryl methyl sites for hydroxylation is 6. The van der Waals surface area contributed by atoms with Crippen molar-refractivity contribution in [1.29, 1.82) is 0 Å². The van der Waals surface area contributed by atoms with E-state index in [4.69, 9.17) is 15.6 Å². The van der Waals surface area contributed by atoms with Crippen molar-refractivity contribution in [3.63, 3.8) is 0 Å². The van der Waals surface area contributed by atoms with Gasteiger partial charge in [-0.3, -0.25) is 0 Å². The summed E-state index contributed by atoms with van der Waals surface area (Å²) in [5.41, 5.74) is 1.84. The standard InChI is InChI=1S/3C7H10N2O2.Fe/c3*1-3-6-4-5(2)9(11)7(10)8-6;/h3*4,11H,3H2,1-2H3;. The first-order valence-corrected chi connectivity index (χ1v) is 10.3. The van der Waals surface area contributed by atoms with Crippen molar-refractivity contribution >= 4 is 0 Å². The van der Waals surface area contributed by atoms with Crippen LogP contribution in [0.1, 0.15) is 54.9 Å². The topological polar surface area (TPSA) is 165 Å². The maximum Gasteiger partial charge on any atom is 0.380 e. The second kappa shape index (κ2) is 14.0. The van der Waals surface area contributed by atoms with E-state index >= 15 is 0 Å². The van der Waals surface area contributed by atoms with Gasteiger partial charge in [-0.1, -0.05) is 20.8 Å². The fourth-order valence-electron chi connectivity index (χ4n) is 2.51. The molecule has 0 atom stereocenters. The summed E-state index contributed by atoms with van der Waals surface area (Å²) in [6.45, 7) is 10.7. The van der Waals surface area contributed by atoms with E-state index in [0.29, 0.717) is 67.6 Å². The van der Waals surface area contributed by atoms with Gasteiger partial charge in [0.2, 0.25) is 0 Å². The predicted molar refractivity (Wildman–Crippen MR) is 119 cm³/mol. The van der Waals surface area contributed by atoms with Crippen molar-refractivity contribution in [1.82, 2.24) is 29.1 Å². The molecular weight excluding hydrogens is 488 g/mol. The Morgan fingerprint density at radius 1 is 0.588 bits per heavy atom. The first-order valence-electron chi connectivity index (χ1n) is 10.3. The molecule has 0 radical (unpaired) electrons. The van der Waals surface area contributed by atoms with Gasteiger partial charge in [0.25, 0.3) is 0 Å². The van der Waals surface area contributed by atoms with E-state index in [2.05, 4.69) is 15.0 Å². The molecule has 0 aromatic carbocycles. The minimum atomic E-state index is -0.609. The van der Waals surface area contributed by atoms with E-state index < -0.39 is 17.1 Å². The number of nitrogens with zero attached hydrogens (tertiary/aromatic N) is 6. The van der Waals surface area contributed by atoms with Crippen molar-refractivity contribution in [3.05, 3.63) is 83.8 Å². The van der Waals surface area contributed by atoms with Gasteiger partial charge in [0.15, 0.2) is 0 Å². The number of rotatable bonds is 3. The molecule has 0 saturated heterocycles. The third-order valence-electron chi connectivity index (χ3n) is 4.48. The molecule has 0 bridgehead atoms. The largest absolute Gasteiger partial charge is 0.424 e. The summed E-state index contributed by atoms with van der Waals surface area (Å²) in [7, 11) is 0. The summed E-state index contributed by atoms with van der Waals surface area (Å²) in [5, 5.41) is 26.9. The van der Waals surface area contributed by atoms with E-state index in [0.717, 1.165) is 0 Å². The number of aromatic nitrogens is 6. The average Bonchev–Trinajstić information content (AvgIpc) is 2.79. The van der Waals surface area contributed by atoms with Crippen LogP contribution in [0.3, 0.4) is 0 Å². The van der Waals surface area contributed by atoms with E-state index in [1.54, 1.807) is 39.0 Å². The molecule has 0 aliphatic carbocycles. The summed E-state index contributed by atoms with van der Waals surface area (Å²) in [6, 6.07) is 5.05. The van der Waals surface area contributed by atoms with Crippen molar-refractivity contribution in [3.8, 4) is 0 Å². The maximum absolute atomic E-state index is 10.8. The molecule has 0 fully saturated rings. The molecule has 34 heavy (non-hydrogen) atoms. The van der Waals surface area contributed by atoms with E-state index in [1.807, 2.05) is 20.8 Å². The average molecular weight is 518 g/mol. The molecule has 0 aliphatic heterocycles. The van der Waals surface area contributed by atoms with Gasteiger partial charge in [-0.2, -0.15) is 15.0 Å². The summed E-state index contributed by atoms with van der Waals surface area (Å²) >= 11 is 0. The van der Waals surface area contributed by atoms with Gasteiger partial charge in [0, 0.05) is 34.2 Å². The van der Waals surface area contributed by atoms with Gasteiger partial charge in [-0.25, -0.2) is 14.4 Å². The molecular formula is C21H30FeN6O6. The Kier molecular flexibility index (Phi) is 12.5. The Labute approximate surface area is 206 Å². The zero-order chi connectivity index (χ0) is 25.3. The quantitative estimate of drug-likeness (QED) is 0.339. The van der Waals surface area contributed by atoms with Crippen molar-refractivity contribution in [2.45, 2.75) is 60.8 Å². The zero-order valence-corrected chi connectivity index (χ0v) is 21.1. The second-order valence-corrected chi connectivity index (χ2v) is 7.01. The third kappa shape index (κ3) is 8.49. The van der Waals surface area contributed by atoms with Crippen molar-refractivity contribution < 1.29 is 32.7 Å². The Balaban J connectivity index is 0.000000473. The monoisotopic (exact) mass is 518 g/mol. The van der Waals surface area contributed by atoms with Gasteiger partial charge >= 0.3 is 17.1 Å². The van der Waals surface area contributed by atoms with Crippen LogP contribution in [-0.4, -0.2) is 44.8 Å². The Morgan fingerprint density at radius 3 is 0.941 bits per heavy atom. The summed E-state index contributed by atoms with van der Waals surface area (Å²) in [6.07, 6.45) is 2.12. The Hall–Kier alpha value is -3.44. The molecule has 0 spiro atoms. The molecule has 0 aliphatic rings. The molecule has 3 aromatic rings. The van der Waals surface area contributed by atoms with E-state index in [1.165, 1.54) is 0 Å². The Morgan fingerprint density at radius 2 is 0.794 bits per heavy atom. The second-order valence-electron chi connectivity index (χ2n) is 7.01.